The molecule has 0 bridgehead atoms. The molecule has 0 saturated heterocycles. The Morgan fingerprint density at radius 3 is 2.35 bits per heavy atom. The predicted molar refractivity (Wildman–Crippen MR) is 79.0 cm³/mol. The molecule has 0 aliphatic carbocycles. The number of carbonyl (C=O) groups excluding carboxylic acids is 1. The van der Waals surface area contributed by atoms with E-state index < -0.39 is 5.97 Å². The van der Waals surface area contributed by atoms with Crippen LogP contribution in [0.2, 0.25) is 0 Å². The molecule has 0 heterocycles. The van der Waals surface area contributed by atoms with Crippen molar-refractivity contribution in [3.63, 3.8) is 0 Å². The fourth-order valence-electron chi connectivity index (χ4n) is 1.72. The Balaban J connectivity index is 2.85. The van der Waals surface area contributed by atoms with E-state index in [0.29, 0.717) is 11.4 Å². The minimum absolute atomic E-state index is 0.0239. The monoisotopic (exact) mass is 279 g/mol. The van der Waals surface area contributed by atoms with Crippen LogP contribution in [-0.4, -0.2) is 48.6 Å². The first-order valence-corrected chi connectivity index (χ1v) is 6.33. The van der Waals surface area contributed by atoms with Gasteiger partial charge in [-0.2, -0.15) is 0 Å². The number of nitrogens with zero attached hydrogens (tertiary/aromatic N) is 2. The zero-order valence-corrected chi connectivity index (χ0v) is 12.3. The van der Waals surface area contributed by atoms with Crippen LogP contribution in [0.1, 0.15) is 24.2 Å². The summed E-state index contributed by atoms with van der Waals surface area (Å²) in [6.45, 7) is 4.06. The Labute approximate surface area is 118 Å². The molecule has 1 rings (SSSR count). The normalized spacial score (nSPS) is 10.4. The van der Waals surface area contributed by atoms with Crippen molar-refractivity contribution in [2.45, 2.75) is 19.9 Å². The smallest absolute Gasteiger partial charge is 0.335 e. The van der Waals surface area contributed by atoms with E-state index in [4.69, 9.17) is 10.8 Å². The summed E-state index contributed by atoms with van der Waals surface area (Å²) >= 11 is 0. The number of amides is 1. The summed E-state index contributed by atoms with van der Waals surface area (Å²) in [4.78, 5) is 26.2. The third kappa shape index (κ3) is 3.63. The number of carboxylic acid groups (broad SMARTS) is 1. The second-order valence-electron chi connectivity index (χ2n) is 5.03. The van der Waals surface area contributed by atoms with Gasteiger partial charge < -0.3 is 20.6 Å². The number of hydrogen-bond donors (Lipinski definition) is 2. The van der Waals surface area contributed by atoms with Crippen LogP contribution in [0, 0.1) is 0 Å². The predicted octanol–water partition coefficient (Wildman–Crippen LogP) is 1.27. The van der Waals surface area contributed by atoms with Gasteiger partial charge in [0.2, 0.25) is 5.91 Å². The van der Waals surface area contributed by atoms with E-state index in [1.54, 1.807) is 30.0 Å². The minimum atomic E-state index is -1.03. The van der Waals surface area contributed by atoms with Gasteiger partial charge in [0.15, 0.2) is 0 Å². The second kappa shape index (κ2) is 6.27. The summed E-state index contributed by atoms with van der Waals surface area (Å²) in [5.41, 5.74) is 6.95. The van der Waals surface area contributed by atoms with Crippen molar-refractivity contribution < 1.29 is 14.7 Å². The number of benzene rings is 1. The Morgan fingerprint density at radius 1 is 1.30 bits per heavy atom. The number of aromatic carboxylic acids is 1. The fourth-order valence-corrected chi connectivity index (χ4v) is 1.72. The van der Waals surface area contributed by atoms with E-state index in [0.717, 1.165) is 0 Å². The van der Waals surface area contributed by atoms with Crippen molar-refractivity contribution in [2.75, 3.05) is 31.3 Å². The van der Waals surface area contributed by atoms with Gasteiger partial charge in [-0.25, -0.2) is 4.79 Å². The zero-order valence-electron chi connectivity index (χ0n) is 12.3. The molecule has 0 saturated carbocycles. The zero-order chi connectivity index (χ0) is 15.4. The lowest BCUT2D eigenvalue weighted by atomic mass is 10.1. The molecule has 0 spiro atoms. The first-order valence-electron chi connectivity index (χ1n) is 6.33. The van der Waals surface area contributed by atoms with Gasteiger partial charge in [0.25, 0.3) is 0 Å². The minimum Gasteiger partial charge on any atom is -0.478 e. The van der Waals surface area contributed by atoms with Crippen molar-refractivity contribution in [3.05, 3.63) is 23.8 Å². The number of likely N-dealkylation sites (N-methyl/N-ethyl adjacent to an activating group) is 2. The van der Waals surface area contributed by atoms with Gasteiger partial charge in [-0.1, -0.05) is 0 Å². The highest BCUT2D eigenvalue weighted by Gasteiger charge is 2.16. The van der Waals surface area contributed by atoms with Crippen LogP contribution in [-0.2, 0) is 4.79 Å². The SMILES string of the molecule is CC(C)N(C)C(=O)CN(C)c1ccc(C(=O)O)cc1N. The Hall–Kier alpha value is -2.24. The average Bonchev–Trinajstić information content (AvgIpc) is 2.36. The largest absolute Gasteiger partial charge is 0.478 e. The van der Waals surface area contributed by atoms with Gasteiger partial charge in [-0.3, -0.25) is 4.79 Å². The molecule has 110 valence electrons. The van der Waals surface area contributed by atoms with Crippen LogP contribution in [0.3, 0.4) is 0 Å². The number of nitrogen functional groups attached to an aromatic ring is 1. The summed E-state index contributed by atoms with van der Waals surface area (Å²) in [6.07, 6.45) is 0. The van der Waals surface area contributed by atoms with Crippen LogP contribution < -0.4 is 10.6 Å². The molecule has 3 N–H and O–H groups in total. The maximum atomic E-state index is 12.0. The lowest BCUT2D eigenvalue weighted by Crippen LogP contribution is -2.40. The van der Waals surface area contributed by atoms with Crippen LogP contribution in [0.15, 0.2) is 18.2 Å². The molecule has 1 amide bonds. The molecule has 0 aromatic heterocycles. The van der Waals surface area contributed by atoms with Crippen molar-refractivity contribution in [2.24, 2.45) is 0 Å². The van der Waals surface area contributed by atoms with Gasteiger partial charge in [0.05, 0.1) is 23.5 Å². The number of carbonyl (C=O) groups is 2. The number of carboxylic acids is 1. The highest BCUT2D eigenvalue weighted by molar-refractivity contribution is 5.91. The van der Waals surface area contributed by atoms with Gasteiger partial charge in [0, 0.05) is 20.1 Å². The van der Waals surface area contributed by atoms with Gasteiger partial charge in [-0.15, -0.1) is 0 Å². The summed E-state index contributed by atoms with van der Waals surface area (Å²) in [5, 5.41) is 8.89. The quantitative estimate of drug-likeness (QED) is 0.793. The third-order valence-electron chi connectivity index (χ3n) is 3.23. The van der Waals surface area contributed by atoms with Crippen LogP contribution in [0.4, 0.5) is 11.4 Å². The first kappa shape index (κ1) is 15.8. The summed E-state index contributed by atoms with van der Waals surface area (Å²) in [5.74, 6) is -1.05. The number of rotatable bonds is 5. The molecule has 20 heavy (non-hydrogen) atoms. The topological polar surface area (TPSA) is 86.9 Å². The second-order valence-corrected chi connectivity index (χ2v) is 5.03. The van der Waals surface area contributed by atoms with Gasteiger partial charge in [0.1, 0.15) is 0 Å². The first-order chi connectivity index (χ1) is 9.23. The van der Waals surface area contributed by atoms with E-state index >= 15 is 0 Å². The highest BCUT2D eigenvalue weighted by Crippen LogP contribution is 2.23. The molecule has 6 heteroatoms. The maximum Gasteiger partial charge on any atom is 0.335 e. The standard InChI is InChI=1S/C14H21N3O3/c1-9(2)17(4)13(18)8-16(3)12-6-5-10(14(19)20)7-11(12)15/h5-7,9H,8,15H2,1-4H3,(H,19,20). The van der Waals surface area contributed by atoms with Crippen molar-refractivity contribution in [1.29, 1.82) is 0 Å². The fraction of sp³-hybridized carbons (Fsp3) is 0.429. The summed E-state index contributed by atoms with van der Waals surface area (Å²) in [7, 11) is 3.50. The van der Waals surface area contributed by atoms with Crippen LogP contribution >= 0.6 is 0 Å². The average molecular weight is 279 g/mol. The molecular formula is C14H21N3O3. The lowest BCUT2D eigenvalue weighted by molar-refractivity contribution is -0.129. The van der Waals surface area contributed by atoms with E-state index in [2.05, 4.69) is 0 Å². The lowest BCUT2D eigenvalue weighted by Gasteiger charge is -2.26. The summed E-state index contributed by atoms with van der Waals surface area (Å²) in [6, 6.07) is 4.61. The highest BCUT2D eigenvalue weighted by atomic mass is 16.4. The Morgan fingerprint density at radius 2 is 1.90 bits per heavy atom. The van der Waals surface area contributed by atoms with E-state index in [-0.39, 0.29) is 24.1 Å². The number of nitrogens with two attached hydrogens (primary N) is 1. The molecule has 0 radical (unpaired) electrons. The molecule has 0 atom stereocenters. The molecule has 1 aromatic rings. The molecule has 0 unspecified atom stereocenters. The molecule has 6 nitrogen and oxygen atoms in total. The van der Waals surface area contributed by atoms with Gasteiger partial charge >= 0.3 is 5.97 Å². The summed E-state index contributed by atoms with van der Waals surface area (Å²) < 4.78 is 0. The van der Waals surface area contributed by atoms with Crippen LogP contribution in [0.5, 0.6) is 0 Å². The van der Waals surface area contributed by atoms with Crippen molar-refractivity contribution >= 4 is 23.3 Å². The molecule has 0 aliphatic rings. The van der Waals surface area contributed by atoms with Crippen molar-refractivity contribution in [3.8, 4) is 0 Å². The van der Waals surface area contributed by atoms with E-state index in [1.165, 1.54) is 12.1 Å². The Kier molecular flexibility index (Phi) is 4.96. The number of anilines is 2. The molecule has 0 fully saturated rings. The Bertz CT molecular complexity index is 514. The van der Waals surface area contributed by atoms with E-state index in [9.17, 15) is 9.59 Å². The molecular weight excluding hydrogens is 258 g/mol. The maximum absolute atomic E-state index is 12.0. The molecule has 1 aromatic carbocycles. The van der Waals surface area contributed by atoms with Crippen molar-refractivity contribution in [1.82, 2.24) is 4.90 Å². The van der Waals surface area contributed by atoms with Crippen LogP contribution in [0.25, 0.3) is 0 Å². The van der Waals surface area contributed by atoms with E-state index in [1.807, 2.05) is 13.8 Å². The van der Waals surface area contributed by atoms with Gasteiger partial charge in [-0.05, 0) is 32.0 Å². The molecule has 0 aliphatic heterocycles. The number of hydrogen-bond acceptors (Lipinski definition) is 4. The third-order valence-corrected chi connectivity index (χ3v) is 3.23.